The monoisotopic (exact) mass is 440 g/mol. The summed E-state index contributed by atoms with van der Waals surface area (Å²) in [4.78, 5) is 0. The van der Waals surface area contributed by atoms with Gasteiger partial charge in [-0.25, -0.2) is 0 Å². The summed E-state index contributed by atoms with van der Waals surface area (Å²) in [5.74, 6) is 0. The van der Waals surface area contributed by atoms with E-state index >= 15 is 0 Å². The summed E-state index contributed by atoms with van der Waals surface area (Å²) in [5, 5.41) is 0. The molecule has 0 radical (unpaired) electrons. The van der Waals surface area contributed by atoms with Crippen molar-refractivity contribution in [2.45, 2.75) is 142 Å². The van der Waals surface area contributed by atoms with Crippen LogP contribution in [0, 0.1) is 0 Å². The minimum atomic E-state index is -1.44. The molecule has 0 saturated carbocycles. The molecular formula is C27H56O2Si. The molecule has 0 heterocycles. The first-order valence-electron chi connectivity index (χ1n) is 13.6. The van der Waals surface area contributed by atoms with E-state index in [9.17, 15) is 0 Å². The third kappa shape index (κ3) is 18.6. The molecule has 0 aromatic rings. The van der Waals surface area contributed by atoms with Crippen LogP contribution >= 0.6 is 0 Å². The van der Waals surface area contributed by atoms with E-state index < -0.39 is 8.32 Å². The Morgan fingerprint density at radius 2 is 1.07 bits per heavy atom. The number of unbranched alkanes of at least 4 members (excludes halogenated alkanes) is 12. The number of rotatable bonds is 24. The largest absolute Gasteiger partial charge is 0.417 e. The molecule has 0 aromatic carbocycles. The highest BCUT2D eigenvalue weighted by molar-refractivity contribution is 6.73. The number of allylic oxidation sites excluding steroid dienone is 2. The highest BCUT2D eigenvalue weighted by Gasteiger charge is 2.29. The normalized spacial score (nSPS) is 12.3. The van der Waals surface area contributed by atoms with Gasteiger partial charge in [-0.3, -0.25) is 0 Å². The van der Waals surface area contributed by atoms with E-state index in [2.05, 4.69) is 39.8 Å². The lowest BCUT2D eigenvalue weighted by atomic mass is 10.1. The van der Waals surface area contributed by atoms with Crippen LogP contribution in [-0.4, -0.2) is 28.1 Å². The maximum absolute atomic E-state index is 6.15. The first kappa shape index (κ1) is 29.9. The molecular weight excluding hydrogens is 384 g/mol. The van der Waals surface area contributed by atoms with E-state index in [-0.39, 0.29) is 0 Å². The summed E-state index contributed by atoms with van der Waals surface area (Å²) >= 11 is 0. The molecule has 0 aliphatic heterocycles. The van der Waals surface area contributed by atoms with Gasteiger partial charge in [0.1, 0.15) is 0 Å². The number of hydrogen-bond acceptors (Lipinski definition) is 2. The van der Waals surface area contributed by atoms with E-state index in [1.807, 2.05) is 0 Å². The van der Waals surface area contributed by atoms with Crippen LogP contribution in [0.1, 0.15) is 124 Å². The minimum Gasteiger partial charge on any atom is -0.417 e. The van der Waals surface area contributed by atoms with Crippen molar-refractivity contribution in [2.24, 2.45) is 0 Å². The zero-order valence-corrected chi connectivity index (χ0v) is 22.3. The van der Waals surface area contributed by atoms with Gasteiger partial charge in [-0.15, -0.1) is 0 Å². The van der Waals surface area contributed by atoms with Gasteiger partial charge in [0.2, 0.25) is 0 Å². The molecule has 0 aromatic heterocycles. The Hall–Kier alpha value is -0.123. The number of hydrogen-bond donors (Lipinski definition) is 0. The van der Waals surface area contributed by atoms with Crippen molar-refractivity contribution in [3.63, 3.8) is 0 Å². The summed E-state index contributed by atoms with van der Waals surface area (Å²) in [6.45, 7) is 11.8. The van der Waals surface area contributed by atoms with Crippen molar-refractivity contribution < 1.29 is 9.16 Å². The molecule has 0 saturated heterocycles. The lowest BCUT2D eigenvalue weighted by Gasteiger charge is -2.28. The molecule has 0 aliphatic carbocycles. The highest BCUT2D eigenvalue weighted by atomic mass is 28.4. The van der Waals surface area contributed by atoms with Gasteiger partial charge in [-0.2, -0.15) is 0 Å². The topological polar surface area (TPSA) is 18.5 Å². The molecule has 0 N–H and O–H groups in total. The average molecular weight is 441 g/mol. The summed E-state index contributed by atoms with van der Waals surface area (Å²) < 4.78 is 12.0. The maximum atomic E-state index is 6.15. The lowest BCUT2D eigenvalue weighted by Crippen LogP contribution is -2.36. The third-order valence-electron chi connectivity index (χ3n) is 6.46. The van der Waals surface area contributed by atoms with Crippen LogP contribution in [0.15, 0.2) is 12.2 Å². The first-order chi connectivity index (χ1) is 14.7. The Balaban J connectivity index is 3.30. The zero-order chi connectivity index (χ0) is 22.2. The Kier molecular flexibility index (Phi) is 23.4. The van der Waals surface area contributed by atoms with Gasteiger partial charge in [0.25, 0.3) is 0 Å². The van der Waals surface area contributed by atoms with Crippen molar-refractivity contribution in [3.8, 4) is 0 Å². The smallest absolute Gasteiger partial charge is 0.192 e. The lowest BCUT2D eigenvalue weighted by molar-refractivity contribution is 0.129. The molecule has 180 valence electrons. The Morgan fingerprint density at radius 3 is 1.60 bits per heavy atom. The minimum absolute atomic E-state index is 0.879. The van der Waals surface area contributed by atoms with Crippen molar-refractivity contribution in [3.05, 3.63) is 12.2 Å². The third-order valence-corrected chi connectivity index (χ3v) is 11.2. The Labute approximate surface area is 191 Å². The van der Waals surface area contributed by atoms with E-state index in [4.69, 9.17) is 9.16 Å². The molecule has 30 heavy (non-hydrogen) atoms. The van der Waals surface area contributed by atoms with Crippen LogP contribution in [0.4, 0.5) is 0 Å². The standard InChI is InChI=1S/C27H56O2Si/c1-5-9-10-11-12-13-14-15-16-17-18-19-20-21-22-23-25-28-26-24-27-30(7-3,8-4)29-6-2/h15-16H,5-14,17-27H2,1-4H3/b16-15-. The van der Waals surface area contributed by atoms with Crippen molar-refractivity contribution >= 4 is 8.32 Å². The fraction of sp³-hybridized carbons (Fsp3) is 0.926. The highest BCUT2D eigenvalue weighted by Crippen LogP contribution is 2.23. The first-order valence-corrected chi connectivity index (χ1v) is 16.1. The van der Waals surface area contributed by atoms with Crippen LogP contribution in [0.25, 0.3) is 0 Å². The van der Waals surface area contributed by atoms with Crippen molar-refractivity contribution in [2.75, 3.05) is 19.8 Å². The van der Waals surface area contributed by atoms with E-state index in [0.717, 1.165) is 19.8 Å². The van der Waals surface area contributed by atoms with Gasteiger partial charge in [0, 0.05) is 19.8 Å². The molecule has 0 atom stereocenters. The fourth-order valence-corrected chi connectivity index (χ4v) is 7.40. The summed E-state index contributed by atoms with van der Waals surface area (Å²) in [6, 6.07) is 3.75. The van der Waals surface area contributed by atoms with Crippen LogP contribution in [0.2, 0.25) is 18.1 Å². The predicted molar refractivity (Wildman–Crippen MR) is 138 cm³/mol. The molecule has 0 unspecified atom stereocenters. The van der Waals surface area contributed by atoms with Crippen LogP contribution in [-0.2, 0) is 9.16 Å². The SMILES string of the molecule is CCCCCCCC/C=C\CCCCCCCCOCCC[Si](CC)(CC)OCC. The molecule has 0 fully saturated rings. The molecule has 0 spiro atoms. The van der Waals surface area contributed by atoms with Gasteiger partial charge < -0.3 is 9.16 Å². The van der Waals surface area contributed by atoms with Crippen molar-refractivity contribution in [1.82, 2.24) is 0 Å². The zero-order valence-electron chi connectivity index (χ0n) is 21.3. The second-order valence-corrected chi connectivity index (χ2v) is 13.5. The van der Waals surface area contributed by atoms with Crippen LogP contribution < -0.4 is 0 Å². The molecule has 3 heteroatoms. The number of ether oxygens (including phenoxy) is 1. The second-order valence-electron chi connectivity index (χ2n) is 8.98. The van der Waals surface area contributed by atoms with Gasteiger partial charge in [0.05, 0.1) is 0 Å². The second kappa shape index (κ2) is 23.5. The predicted octanol–water partition coefficient (Wildman–Crippen LogP) is 9.45. The molecule has 2 nitrogen and oxygen atoms in total. The quantitative estimate of drug-likeness (QED) is 0.0845. The van der Waals surface area contributed by atoms with E-state index in [1.54, 1.807) is 0 Å². The van der Waals surface area contributed by atoms with Crippen LogP contribution in [0.5, 0.6) is 0 Å². The van der Waals surface area contributed by atoms with Gasteiger partial charge in [0.15, 0.2) is 8.32 Å². The summed E-state index contributed by atoms with van der Waals surface area (Å²) in [7, 11) is -1.44. The summed E-state index contributed by atoms with van der Waals surface area (Å²) in [6.07, 6.45) is 25.1. The summed E-state index contributed by atoms with van der Waals surface area (Å²) in [5.41, 5.74) is 0. The molecule has 0 aliphatic rings. The van der Waals surface area contributed by atoms with Crippen LogP contribution in [0.3, 0.4) is 0 Å². The fourth-order valence-electron chi connectivity index (χ4n) is 4.24. The Morgan fingerprint density at radius 1 is 0.567 bits per heavy atom. The molecule has 0 bridgehead atoms. The van der Waals surface area contributed by atoms with Gasteiger partial charge >= 0.3 is 0 Å². The molecule has 0 rings (SSSR count). The average Bonchev–Trinajstić information content (AvgIpc) is 2.77. The van der Waals surface area contributed by atoms with Gasteiger partial charge in [-0.1, -0.05) is 90.7 Å². The van der Waals surface area contributed by atoms with Gasteiger partial charge in [-0.05, 0) is 63.6 Å². The maximum Gasteiger partial charge on any atom is 0.192 e. The molecule has 0 amide bonds. The van der Waals surface area contributed by atoms with Crippen molar-refractivity contribution in [1.29, 1.82) is 0 Å². The van der Waals surface area contributed by atoms with E-state index in [1.165, 1.54) is 114 Å². The Bertz CT molecular complexity index is 353. The van der Waals surface area contributed by atoms with E-state index in [0.29, 0.717) is 0 Å².